The number of anilines is 1. The number of ether oxygens (including phenoxy) is 4. The third kappa shape index (κ3) is 6.66. The first kappa shape index (κ1) is 32.1. The molecule has 1 amide bonds. The molecule has 1 aliphatic heterocycles. The molecule has 0 saturated carbocycles. The predicted molar refractivity (Wildman–Crippen MR) is 180 cm³/mol. The number of carbonyl (C=O) groups is 1. The number of benzene rings is 3. The van der Waals surface area contributed by atoms with Gasteiger partial charge in [0.05, 0.1) is 28.3 Å². The highest BCUT2D eigenvalue weighted by Crippen LogP contribution is 2.45. The number of para-hydroxylation sites is 1. The van der Waals surface area contributed by atoms with Gasteiger partial charge in [0.2, 0.25) is 16.8 Å². The minimum atomic E-state index is -3.82. The zero-order valence-corrected chi connectivity index (χ0v) is 28.0. The Labute approximate surface area is 275 Å². The quantitative estimate of drug-likeness (QED) is 0.157. The fraction of sp³-hybridized carbons (Fsp3) is 0.273. The number of sulfonamides is 1. The van der Waals surface area contributed by atoms with Crippen LogP contribution in [0.2, 0.25) is 0 Å². The number of aromatic nitrogens is 1. The SMILES string of the molecule is COCCN(CCOC)S(=O)(=O)c1ccc(C(=O)Nc2sc(Cc3ccc4c(c3)OCO4)c(C)c2-c2nc3ccccc3s2)cc1. The van der Waals surface area contributed by atoms with Crippen molar-refractivity contribution in [3.63, 3.8) is 0 Å². The third-order valence-electron chi connectivity index (χ3n) is 7.63. The molecular weight excluding hydrogens is 647 g/mol. The van der Waals surface area contributed by atoms with Crippen LogP contribution in [0.3, 0.4) is 0 Å². The molecule has 5 aromatic rings. The summed E-state index contributed by atoms with van der Waals surface area (Å²) in [5, 5.41) is 4.60. The lowest BCUT2D eigenvalue weighted by atomic mass is 10.1. The second kappa shape index (κ2) is 13.9. The van der Waals surface area contributed by atoms with Crippen molar-refractivity contribution < 1.29 is 32.2 Å². The first-order valence-corrected chi connectivity index (χ1v) is 17.6. The largest absolute Gasteiger partial charge is 0.454 e. The van der Waals surface area contributed by atoms with E-state index in [1.54, 1.807) is 11.3 Å². The van der Waals surface area contributed by atoms with Gasteiger partial charge in [0.1, 0.15) is 10.0 Å². The van der Waals surface area contributed by atoms with Gasteiger partial charge in [-0.3, -0.25) is 4.79 Å². The summed E-state index contributed by atoms with van der Waals surface area (Å²) in [5.41, 5.74) is 4.19. The maximum atomic E-state index is 13.6. The van der Waals surface area contributed by atoms with Gasteiger partial charge in [-0.15, -0.1) is 22.7 Å². The lowest BCUT2D eigenvalue weighted by molar-refractivity contribution is 0.102. The first-order valence-electron chi connectivity index (χ1n) is 14.5. The van der Waals surface area contributed by atoms with E-state index in [1.807, 2.05) is 42.5 Å². The molecule has 0 spiro atoms. The molecule has 6 rings (SSSR count). The van der Waals surface area contributed by atoms with Crippen molar-refractivity contribution in [3.05, 3.63) is 88.3 Å². The van der Waals surface area contributed by atoms with Crippen molar-refractivity contribution in [3.8, 4) is 22.1 Å². The predicted octanol–water partition coefficient (Wildman–Crippen LogP) is 6.19. The van der Waals surface area contributed by atoms with Crippen LogP contribution in [0.5, 0.6) is 11.5 Å². The number of hydrogen-bond donors (Lipinski definition) is 1. The van der Waals surface area contributed by atoms with Gasteiger partial charge in [-0.2, -0.15) is 4.31 Å². The molecule has 0 bridgehead atoms. The molecule has 0 saturated heterocycles. The maximum Gasteiger partial charge on any atom is 0.256 e. The summed E-state index contributed by atoms with van der Waals surface area (Å²) in [6.07, 6.45) is 0.635. The van der Waals surface area contributed by atoms with Gasteiger partial charge in [0.15, 0.2) is 11.5 Å². The fourth-order valence-electron chi connectivity index (χ4n) is 5.13. The summed E-state index contributed by atoms with van der Waals surface area (Å²) in [5.74, 6) is 1.10. The monoisotopic (exact) mass is 679 g/mol. The molecule has 0 radical (unpaired) electrons. The van der Waals surface area contributed by atoms with Crippen LogP contribution in [-0.4, -0.2) is 70.9 Å². The molecule has 13 heteroatoms. The number of methoxy groups -OCH3 is 2. The van der Waals surface area contributed by atoms with Crippen molar-refractivity contribution in [1.29, 1.82) is 0 Å². The van der Waals surface area contributed by atoms with E-state index in [9.17, 15) is 13.2 Å². The Bertz CT molecular complexity index is 1930. The Hall–Kier alpha value is -3.85. The van der Waals surface area contributed by atoms with Crippen molar-refractivity contribution in [1.82, 2.24) is 9.29 Å². The van der Waals surface area contributed by atoms with Crippen molar-refractivity contribution in [2.75, 3.05) is 52.6 Å². The van der Waals surface area contributed by atoms with E-state index in [4.69, 9.17) is 23.9 Å². The highest BCUT2D eigenvalue weighted by Gasteiger charge is 2.26. The van der Waals surface area contributed by atoms with E-state index >= 15 is 0 Å². The molecule has 240 valence electrons. The minimum absolute atomic E-state index is 0.0874. The van der Waals surface area contributed by atoms with Gasteiger partial charge in [-0.05, 0) is 66.6 Å². The standard InChI is InChI=1S/C33H33N3O7S3/c1-21-29(19-22-8-13-26-27(18-22)43-20-42-26)45-33(30(21)32-34-25-6-4-5-7-28(25)44-32)35-31(37)23-9-11-24(12-10-23)46(38,39)36(14-16-40-2)15-17-41-3/h4-13,18H,14-17,19-20H2,1-3H3,(H,35,37). The van der Waals surface area contributed by atoms with Crippen LogP contribution in [0.25, 0.3) is 20.8 Å². The number of nitrogens with zero attached hydrogens (tertiary/aromatic N) is 2. The van der Waals surface area contributed by atoms with Gasteiger partial charge in [0, 0.05) is 49.7 Å². The fourth-order valence-corrected chi connectivity index (χ4v) is 8.91. The summed E-state index contributed by atoms with van der Waals surface area (Å²) < 4.78 is 50.3. The Morgan fingerprint density at radius 2 is 1.67 bits per heavy atom. The summed E-state index contributed by atoms with van der Waals surface area (Å²) in [6.45, 7) is 3.13. The van der Waals surface area contributed by atoms with Gasteiger partial charge < -0.3 is 24.3 Å². The smallest absolute Gasteiger partial charge is 0.256 e. The molecular formula is C33H33N3O7S3. The summed E-state index contributed by atoms with van der Waals surface area (Å²) in [6, 6.07) is 19.8. The van der Waals surface area contributed by atoms with E-state index in [-0.39, 0.29) is 43.9 Å². The van der Waals surface area contributed by atoms with Crippen molar-refractivity contribution in [2.45, 2.75) is 18.2 Å². The molecule has 46 heavy (non-hydrogen) atoms. The Balaban J connectivity index is 1.29. The van der Waals surface area contributed by atoms with E-state index in [2.05, 4.69) is 12.2 Å². The van der Waals surface area contributed by atoms with Crippen LogP contribution in [-0.2, 0) is 25.9 Å². The van der Waals surface area contributed by atoms with E-state index in [0.717, 1.165) is 48.3 Å². The summed E-state index contributed by atoms with van der Waals surface area (Å²) in [7, 11) is -0.778. The lowest BCUT2D eigenvalue weighted by Crippen LogP contribution is -2.36. The molecule has 0 aliphatic carbocycles. The van der Waals surface area contributed by atoms with Crippen LogP contribution >= 0.6 is 22.7 Å². The zero-order valence-electron chi connectivity index (χ0n) is 25.6. The normalized spacial score (nSPS) is 12.7. The second-order valence-electron chi connectivity index (χ2n) is 10.6. The van der Waals surface area contributed by atoms with Crippen molar-refractivity contribution >= 4 is 53.8 Å². The number of thiazole rings is 1. The molecule has 2 aromatic heterocycles. The molecule has 1 aliphatic rings. The average Bonchev–Trinajstić information content (AvgIpc) is 3.78. The number of nitrogens with one attached hydrogen (secondary N) is 1. The molecule has 0 unspecified atom stereocenters. The van der Waals surface area contributed by atoms with Crippen LogP contribution in [0.4, 0.5) is 5.00 Å². The highest BCUT2D eigenvalue weighted by molar-refractivity contribution is 7.89. The van der Waals surface area contributed by atoms with Gasteiger partial charge in [-0.1, -0.05) is 18.2 Å². The average molecular weight is 680 g/mol. The Morgan fingerprint density at radius 3 is 2.39 bits per heavy atom. The molecule has 1 N–H and O–H groups in total. The van der Waals surface area contributed by atoms with Gasteiger partial charge in [0.25, 0.3) is 5.91 Å². The number of fused-ring (bicyclic) bond motifs is 2. The van der Waals surface area contributed by atoms with Gasteiger partial charge >= 0.3 is 0 Å². The summed E-state index contributed by atoms with van der Waals surface area (Å²) >= 11 is 3.08. The number of rotatable bonds is 13. The van der Waals surface area contributed by atoms with Gasteiger partial charge in [-0.25, -0.2) is 13.4 Å². The molecule has 3 heterocycles. The van der Waals surface area contributed by atoms with Crippen molar-refractivity contribution in [2.24, 2.45) is 0 Å². The van der Waals surface area contributed by atoms with Crippen LogP contribution in [0, 0.1) is 6.92 Å². The topological polar surface area (TPSA) is 116 Å². The third-order valence-corrected chi connectivity index (χ3v) is 11.8. The summed E-state index contributed by atoms with van der Waals surface area (Å²) in [4.78, 5) is 19.7. The highest BCUT2D eigenvalue weighted by atomic mass is 32.2. The molecule has 0 fully saturated rings. The molecule has 10 nitrogen and oxygen atoms in total. The minimum Gasteiger partial charge on any atom is -0.454 e. The second-order valence-corrected chi connectivity index (χ2v) is 14.6. The maximum absolute atomic E-state index is 13.6. The Morgan fingerprint density at radius 1 is 0.957 bits per heavy atom. The van der Waals surface area contributed by atoms with E-state index in [1.165, 1.54) is 54.1 Å². The molecule has 0 atom stereocenters. The van der Waals surface area contributed by atoms with E-state index in [0.29, 0.717) is 17.0 Å². The van der Waals surface area contributed by atoms with Crippen LogP contribution in [0.1, 0.15) is 26.4 Å². The number of amides is 1. The lowest BCUT2D eigenvalue weighted by Gasteiger charge is -2.21. The van der Waals surface area contributed by atoms with Crippen LogP contribution < -0.4 is 14.8 Å². The number of carbonyl (C=O) groups excluding carboxylic acids is 1. The number of thiophene rings is 1. The van der Waals surface area contributed by atoms with Crippen LogP contribution in [0.15, 0.2) is 71.6 Å². The zero-order chi connectivity index (χ0) is 32.3. The Kier molecular flexibility index (Phi) is 9.68. The van der Waals surface area contributed by atoms with E-state index < -0.39 is 10.0 Å². The molecule has 3 aromatic carbocycles. The number of hydrogen-bond acceptors (Lipinski definition) is 10. The first-order chi connectivity index (χ1) is 22.3.